The zero-order chi connectivity index (χ0) is 21.4. The molecule has 0 bridgehead atoms. The second-order valence-electron chi connectivity index (χ2n) is 7.83. The Bertz CT molecular complexity index is 1250. The molecule has 0 spiro atoms. The number of benzene rings is 1. The molecule has 3 aromatic heterocycles. The lowest BCUT2D eigenvalue weighted by Gasteiger charge is -2.32. The van der Waals surface area contributed by atoms with E-state index in [1.165, 1.54) is 0 Å². The van der Waals surface area contributed by atoms with E-state index in [1.54, 1.807) is 6.20 Å². The van der Waals surface area contributed by atoms with E-state index >= 15 is 0 Å². The smallest absolute Gasteiger partial charge is 0.257 e. The van der Waals surface area contributed by atoms with Gasteiger partial charge in [0.2, 0.25) is 0 Å². The molecule has 7 nitrogen and oxygen atoms in total. The largest absolute Gasteiger partial charge is 0.338 e. The minimum absolute atomic E-state index is 0.0173. The summed E-state index contributed by atoms with van der Waals surface area (Å²) in [6.07, 6.45) is 6.28. The predicted octanol–water partition coefficient (Wildman–Crippen LogP) is 4.15. The van der Waals surface area contributed by atoms with Gasteiger partial charge in [0.25, 0.3) is 5.91 Å². The van der Waals surface area contributed by atoms with Crippen molar-refractivity contribution in [1.82, 2.24) is 29.3 Å². The first-order valence-corrected chi connectivity index (χ1v) is 10.9. The SMILES string of the molecule is CCc1c(C(=O)N2CCC[C@H](c3nnc4ccccn34)C2)cnn1-c1cccc(Cl)c1. The summed E-state index contributed by atoms with van der Waals surface area (Å²) >= 11 is 6.16. The number of carbonyl (C=O) groups excluding carboxylic acids is 1. The third kappa shape index (κ3) is 3.59. The highest BCUT2D eigenvalue weighted by Gasteiger charge is 2.30. The lowest BCUT2D eigenvalue weighted by Crippen LogP contribution is -2.39. The van der Waals surface area contributed by atoms with Gasteiger partial charge in [0.05, 0.1) is 23.1 Å². The first-order valence-electron chi connectivity index (χ1n) is 10.6. The molecule has 1 aliphatic heterocycles. The van der Waals surface area contributed by atoms with Crippen LogP contribution in [0.15, 0.2) is 54.9 Å². The second-order valence-corrected chi connectivity index (χ2v) is 8.26. The van der Waals surface area contributed by atoms with Crippen molar-refractivity contribution in [3.8, 4) is 5.69 Å². The average Bonchev–Trinajstić information content (AvgIpc) is 3.43. The summed E-state index contributed by atoms with van der Waals surface area (Å²) in [6, 6.07) is 13.4. The summed E-state index contributed by atoms with van der Waals surface area (Å²) < 4.78 is 3.83. The fourth-order valence-corrected chi connectivity index (χ4v) is 4.59. The van der Waals surface area contributed by atoms with Gasteiger partial charge in [-0.1, -0.05) is 30.7 Å². The first-order chi connectivity index (χ1) is 15.2. The number of aromatic nitrogens is 5. The van der Waals surface area contributed by atoms with Gasteiger partial charge in [-0.25, -0.2) is 4.68 Å². The molecule has 8 heteroatoms. The molecular weight excluding hydrogens is 412 g/mol. The van der Waals surface area contributed by atoms with Crippen molar-refractivity contribution < 1.29 is 4.79 Å². The lowest BCUT2D eigenvalue weighted by atomic mass is 9.96. The molecule has 31 heavy (non-hydrogen) atoms. The number of rotatable bonds is 4. The average molecular weight is 435 g/mol. The number of nitrogens with zero attached hydrogens (tertiary/aromatic N) is 6. The van der Waals surface area contributed by atoms with Crippen molar-refractivity contribution >= 4 is 23.2 Å². The van der Waals surface area contributed by atoms with Gasteiger partial charge in [0.15, 0.2) is 5.65 Å². The Labute approximate surface area is 185 Å². The van der Waals surface area contributed by atoms with E-state index in [0.29, 0.717) is 23.6 Å². The van der Waals surface area contributed by atoms with Crippen LogP contribution in [0.1, 0.15) is 47.6 Å². The van der Waals surface area contributed by atoms with Gasteiger partial charge in [0, 0.05) is 30.2 Å². The van der Waals surface area contributed by atoms with Crippen molar-refractivity contribution in [2.24, 2.45) is 0 Å². The van der Waals surface area contributed by atoms with Gasteiger partial charge in [-0.2, -0.15) is 5.10 Å². The van der Waals surface area contributed by atoms with Gasteiger partial charge < -0.3 is 4.90 Å². The fraction of sp³-hybridized carbons (Fsp3) is 0.304. The number of fused-ring (bicyclic) bond motifs is 1. The summed E-state index contributed by atoms with van der Waals surface area (Å²) in [4.78, 5) is 15.4. The molecule has 4 heterocycles. The van der Waals surface area contributed by atoms with Crippen LogP contribution in [0, 0.1) is 0 Å². The summed E-state index contributed by atoms with van der Waals surface area (Å²) in [5.41, 5.74) is 3.23. The zero-order valence-corrected chi connectivity index (χ0v) is 18.0. The van der Waals surface area contributed by atoms with Crippen LogP contribution in [0.5, 0.6) is 0 Å². The Kier molecular flexibility index (Phi) is 5.19. The molecule has 5 rings (SSSR count). The van der Waals surface area contributed by atoms with Crippen molar-refractivity contribution in [2.75, 3.05) is 13.1 Å². The molecule has 158 valence electrons. The van der Waals surface area contributed by atoms with E-state index in [1.807, 2.05) is 69.6 Å². The quantitative estimate of drug-likeness (QED) is 0.484. The molecule has 0 N–H and O–H groups in total. The Morgan fingerprint density at radius 3 is 2.94 bits per heavy atom. The minimum Gasteiger partial charge on any atom is -0.338 e. The van der Waals surface area contributed by atoms with Crippen LogP contribution in [0.2, 0.25) is 5.02 Å². The molecule has 1 amide bonds. The van der Waals surface area contributed by atoms with Crippen LogP contribution >= 0.6 is 11.6 Å². The number of halogens is 1. The number of piperidine rings is 1. The maximum absolute atomic E-state index is 13.5. The van der Waals surface area contributed by atoms with Crippen molar-refractivity contribution in [3.05, 3.63) is 77.0 Å². The molecule has 1 atom stereocenters. The van der Waals surface area contributed by atoms with E-state index in [-0.39, 0.29) is 11.8 Å². The highest BCUT2D eigenvalue weighted by molar-refractivity contribution is 6.30. The maximum Gasteiger partial charge on any atom is 0.257 e. The van der Waals surface area contributed by atoms with Crippen molar-refractivity contribution in [3.63, 3.8) is 0 Å². The lowest BCUT2D eigenvalue weighted by molar-refractivity contribution is 0.0703. The number of likely N-dealkylation sites (tertiary alicyclic amines) is 1. The van der Waals surface area contributed by atoms with Crippen molar-refractivity contribution in [2.45, 2.75) is 32.1 Å². The Hall–Kier alpha value is -3.19. The number of carbonyl (C=O) groups is 1. The van der Waals surface area contributed by atoms with E-state index in [2.05, 4.69) is 15.3 Å². The van der Waals surface area contributed by atoms with Gasteiger partial charge in [-0.3, -0.25) is 9.20 Å². The summed E-state index contributed by atoms with van der Waals surface area (Å²) in [5, 5.41) is 13.8. The number of amides is 1. The van der Waals surface area contributed by atoms with Crippen LogP contribution in [0.25, 0.3) is 11.3 Å². The third-order valence-electron chi connectivity index (χ3n) is 5.90. The highest BCUT2D eigenvalue weighted by atomic mass is 35.5. The number of pyridine rings is 1. The minimum atomic E-state index is 0.0173. The van der Waals surface area contributed by atoms with Crippen LogP contribution < -0.4 is 0 Å². The van der Waals surface area contributed by atoms with E-state index in [4.69, 9.17) is 11.6 Å². The van der Waals surface area contributed by atoms with Gasteiger partial charge in [0.1, 0.15) is 5.82 Å². The monoisotopic (exact) mass is 434 g/mol. The molecule has 1 fully saturated rings. The Morgan fingerprint density at radius 1 is 1.19 bits per heavy atom. The van der Waals surface area contributed by atoms with Crippen molar-refractivity contribution in [1.29, 1.82) is 0 Å². The summed E-state index contributed by atoms with van der Waals surface area (Å²) in [5.74, 6) is 1.09. The summed E-state index contributed by atoms with van der Waals surface area (Å²) in [7, 11) is 0. The molecular formula is C23H23ClN6O. The normalized spacial score (nSPS) is 16.7. The Balaban J connectivity index is 1.42. The molecule has 0 saturated carbocycles. The van der Waals surface area contributed by atoms with E-state index in [0.717, 1.165) is 42.2 Å². The molecule has 0 radical (unpaired) electrons. The van der Waals surface area contributed by atoms with Crippen LogP contribution in [-0.2, 0) is 6.42 Å². The zero-order valence-electron chi connectivity index (χ0n) is 17.3. The maximum atomic E-state index is 13.5. The van der Waals surface area contributed by atoms with E-state index in [9.17, 15) is 4.79 Å². The third-order valence-corrected chi connectivity index (χ3v) is 6.14. The predicted molar refractivity (Wildman–Crippen MR) is 119 cm³/mol. The van der Waals surface area contributed by atoms with Crippen LogP contribution in [0.4, 0.5) is 0 Å². The van der Waals surface area contributed by atoms with Crippen LogP contribution in [-0.4, -0.2) is 48.3 Å². The molecule has 0 aliphatic carbocycles. The Morgan fingerprint density at radius 2 is 2.10 bits per heavy atom. The van der Waals surface area contributed by atoms with Gasteiger partial charge >= 0.3 is 0 Å². The molecule has 1 aromatic carbocycles. The number of hydrogen-bond donors (Lipinski definition) is 0. The first kappa shape index (κ1) is 19.8. The molecule has 0 unspecified atom stereocenters. The van der Waals surface area contributed by atoms with E-state index < -0.39 is 0 Å². The van der Waals surface area contributed by atoms with Crippen LogP contribution in [0.3, 0.4) is 0 Å². The standard InChI is InChI=1S/C23H23ClN6O/c1-2-20-19(14-25-30(20)18-9-5-8-17(24)13-18)23(31)28-11-6-7-16(15-28)22-27-26-21-10-3-4-12-29(21)22/h3-5,8-10,12-14,16H,2,6-7,11,15H2,1H3/t16-/m0/s1. The molecule has 1 aliphatic rings. The fourth-order valence-electron chi connectivity index (χ4n) is 4.40. The summed E-state index contributed by atoms with van der Waals surface area (Å²) in [6.45, 7) is 3.40. The second kappa shape index (κ2) is 8.15. The van der Waals surface area contributed by atoms with Gasteiger partial charge in [-0.15, -0.1) is 10.2 Å². The topological polar surface area (TPSA) is 68.3 Å². The number of hydrogen-bond acceptors (Lipinski definition) is 4. The highest BCUT2D eigenvalue weighted by Crippen LogP contribution is 2.28. The molecule has 1 saturated heterocycles. The van der Waals surface area contributed by atoms with Gasteiger partial charge in [-0.05, 0) is 49.6 Å². The molecule has 4 aromatic rings.